The van der Waals surface area contributed by atoms with Gasteiger partial charge >= 0.3 is 5.69 Å². The Kier molecular flexibility index (Phi) is 4.60. The lowest BCUT2D eigenvalue weighted by atomic mass is 10.2. The SMILES string of the molecule is CNC(=O)Cn1c(=O)n(-c2ccc(F)cc2F)c(=O)c2ccc(Cl)cc21. The Hall–Kier alpha value is -3.00. The maximum Gasteiger partial charge on any atom is 0.336 e. The second-order valence-electron chi connectivity index (χ2n) is 5.44. The third-order valence-corrected chi connectivity index (χ3v) is 4.07. The average Bonchev–Trinajstić information content (AvgIpc) is 2.60. The van der Waals surface area contributed by atoms with Gasteiger partial charge in [0.2, 0.25) is 5.91 Å². The van der Waals surface area contributed by atoms with Crippen LogP contribution >= 0.6 is 11.6 Å². The maximum atomic E-state index is 14.2. The lowest BCUT2D eigenvalue weighted by Gasteiger charge is -2.14. The quantitative estimate of drug-likeness (QED) is 0.754. The molecule has 26 heavy (non-hydrogen) atoms. The fraction of sp³-hybridized carbons (Fsp3) is 0.118. The van der Waals surface area contributed by atoms with Crippen LogP contribution in [-0.4, -0.2) is 22.1 Å². The van der Waals surface area contributed by atoms with Gasteiger partial charge in [-0.1, -0.05) is 11.6 Å². The van der Waals surface area contributed by atoms with Crippen molar-refractivity contribution in [2.45, 2.75) is 6.54 Å². The first-order valence-electron chi connectivity index (χ1n) is 7.44. The van der Waals surface area contributed by atoms with Gasteiger partial charge in [0.15, 0.2) is 0 Å². The zero-order valence-electron chi connectivity index (χ0n) is 13.4. The number of likely N-dealkylation sites (N-methyl/N-ethyl adjacent to an activating group) is 1. The van der Waals surface area contributed by atoms with E-state index in [0.29, 0.717) is 10.6 Å². The highest BCUT2D eigenvalue weighted by Gasteiger charge is 2.19. The molecular weight excluding hydrogens is 368 g/mol. The van der Waals surface area contributed by atoms with Crippen LogP contribution in [0.5, 0.6) is 0 Å². The van der Waals surface area contributed by atoms with Crippen LogP contribution in [0.3, 0.4) is 0 Å². The van der Waals surface area contributed by atoms with E-state index in [-0.39, 0.29) is 15.9 Å². The molecule has 0 aliphatic heterocycles. The van der Waals surface area contributed by atoms with Gasteiger partial charge in [-0.05, 0) is 30.3 Å². The second-order valence-corrected chi connectivity index (χ2v) is 5.88. The van der Waals surface area contributed by atoms with Crippen LogP contribution in [0.25, 0.3) is 16.6 Å². The molecule has 0 radical (unpaired) electrons. The Balaban J connectivity index is 2.44. The highest BCUT2D eigenvalue weighted by Crippen LogP contribution is 2.17. The normalized spacial score (nSPS) is 10.9. The molecule has 0 bridgehead atoms. The summed E-state index contributed by atoms with van der Waals surface area (Å²) >= 11 is 5.94. The van der Waals surface area contributed by atoms with E-state index in [2.05, 4.69) is 5.32 Å². The zero-order chi connectivity index (χ0) is 19.0. The smallest absolute Gasteiger partial charge is 0.336 e. The van der Waals surface area contributed by atoms with Crippen molar-refractivity contribution in [3.63, 3.8) is 0 Å². The van der Waals surface area contributed by atoms with E-state index in [0.717, 1.165) is 16.7 Å². The molecule has 1 N–H and O–H groups in total. The summed E-state index contributed by atoms with van der Waals surface area (Å²) in [5.41, 5.74) is -2.03. The summed E-state index contributed by atoms with van der Waals surface area (Å²) < 4.78 is 28.9. The summed E-state index contributed by atoms with van der Waals surface area (Å²) in [6.45, 7) is -0.407. The molecule has 6 nitrogen and oxygen atoms in total. The molecule has 134 valence electrons. The van der Waals surface area contributed by atoms with Crippen molar-refractivity contribution in [1.29, 1.82) is 0 Å². The van der Waals surface area contributed by atoms with Crippen LogP contribution in [-0.2, 0) is 11.3 Å². The first-order chi connectivity index (χ1) is 12.3. The molecule has 0 spiro atoms. The first kappa shape index (κ1) is 17.8. The van der Waals surface area contributed by atoms with E-state index in [1.54, 1.807) is 0 Å². The second kappa shape index (κ2) is 6.72. The first-order valence-corrected chi connectivity index (χ1v) is 7.82. The van der Waals surface area contributed by atoms with Gasteiger partial charge in [0, 0.05) is 18.1 Å². The Bertz CT molecular complexity index is 1150. The number of halogens is 3. The summed E-state index contributed by atoms with van der Waals surface area (Å²) in [5, 5.41) is 2.68. The fourth-order valence-corrected chi connectivity index (χ4v) is 2.76. The number of benzene rings is 2. The molecule has 3 rings (SSSR count). The van der Waals surface area contributed by atoms with Crippen LogP contribution < -0.4 is 16.6 Å². The Morgan fingerprint density at radius 1 is 1.15 bits per heavy atom. The molecule has 0 fully saturated rings. The number of amides is 1. The van der Waals surface area contributed by atoms with Crippen molar-refractivity contribution < 1.29 is 13.6 Å². The van der Waals surface area contributed by atoms with Gasteiger partial charge in [0.1, 0.15) is 18.2 Å². The van der Waals surface area contributed by atoms with Gasteiger partial charge in [0.05, 0.1) is 16.6 Å². The summed E-state index contributed by atoms with van der Waals surface area (Å²) in [6, 6.07) is 6.66. The van der Waals surface area contributed by atoms with Gasteiger partial charge in [-0.15, -0.1) is 0 Å². The fourth-order valence-electron chi connectivity index (χ4n) is 2.59. The van der Waals surface area contributed by atoms with Crippen molar-refractivity contribution >= 4 is 28.4 Å². The van der Waals surface area contributed by atoms with Crippen molar-refractivity contribution in [2.24, 2.45) is 0 Å². The number of hydrogen-bond donors (Lipinski definition) is 1. The summed E-state index contributed by atoms with van der Waals surface area (Å²) in [4.78, 5) is 37.4. The van der Waals surface area contributed by atoms with Gasteiger partial charge in [0.25, 0.3) is 5.56 Å². The van der Waals surface area contributed by atoms with E-state index in [4.69, 9.17) is 11.6 Å². The Morgan fingerprint density at radius 2 is 1.88 bits per heavy atom. The highest BCUT2D eigenvalue weighted by atomic mass is 35.5. The van der Waals surface area contributed by atoms with Crippen LogP contribution in [0, 0.1) is 11.6 Å². The highest BCUT2D eigenvalue weighted by molar-refractivity contribution is 6.31. The number of nitrogens with zero attached hydrogens (tertiary/aromatic N) is 2. The molecule has 1 aromatic heterocycles. The third-order valence-electron chi connectivity index (χ3n) is 3.84. The largest absolute Gasteiger partial charge is 0.358 e. The van der Waals surface area contributed by atoms with E-state index in [1.807, 2.05) is 0 Å². The number of carbonyl (C=O) groups excluding carboxylic acids is 1. The van der Waals surface area contributed by atoms with E-state index >= 15 is 0 Å². The van der Waals surface area contributed by atoms with Crippen molar-refractivity contribution in [3.05, 3.63) is 73.9 Å². The molecule has 0 aliphatic carbocycles. The Labute approximate surface area is 150 Å². The average molecular weight is 380 g/mol. The molecule has 0 saturated heterocycles. The number of hydrogen-bond acceptors (Lipinski definition) is 3. The minimum atomic E-state index is -1.08. The molecule has 1 amide bonds. The summed E-state index contributed by atoms with van der Waals surface area (Å²) in [5.74, 6) is -2.43. The number of nitrogens with one attached hydrogen (secondary N) is 1. The van der Waals surface area contributed by atoms with E-state index in [9.17, 15) is 23.2 Å². The van der Waals surface area contributed by atoms with Crippen LogP contribution in [0.1, 0.15) is 0 Å². The molecule has 9 heteroatoms. The predicted molar refractivity (Wildman–Crippen MR) is 92.8 cm³/mol. The van der Waals surface area contributed by atoms with Crippen molar-refractivity contribution in [3.8, 4) is 5.69 Å². The minimum Gasteiger partial charge on any atom is -0.358 e. The number of rotatable bonds is 3. The van der Waals surface area contributed by atoms with Crippen LogP contribution in [0.4, 0.5) is 8.78 Å². The molecular formula is C17H12ClF2N3O3. The van der Waals surface area contributed by atoms with E-state index in [1.165, 1.54) is 25.2 Å². The number of aromatic nitrogens is 2. The van der Waals surface area contributed by atoms with Crippen LogP contribution in [0.2, 0.25) is 5.02 Å². The number of fused-ring (bicyclic) bond motifs is 1. The molecule has 2 aromatic carbocycles. The lowest BCUT2D eigenvalue weighted by molar-refractivity contribution is -0.121. The summed E-state index contributed by atoms with van der Waals surface area (Å²) in [6.07, 6.45) is 0. The molecule has 0 unspecified atom stereocenters. The lowest BCUT2D eigenvalue weighted by Crippen LogP contribution is -2.41. The number of carbonyl (C=O) groups is 1. The van der Waals surface area contributed by atoms with Gasteiger partial charge in [-0.25, -0.2) is 18.1 Å². The maximum absolute atomic E-state index is 14.2. The standard InChI is InChI=1S/C17H12ClF2N3O3/c1-21-15(24)8-22-14-6-9(18)2-4-11(14)16(25)23(17(22)26)13-5-3-10(19)7-12(13)20/h2-7H,8H2,1H3,(H,21,24). The molecule has 0 aliphatic rings. The third kappa shape index (κ3) is 2.99. The van der Waals surface area contributed by atoms with Crippen molar-refractivity contribution in [1.82, 2.24) is 14.5 Å². The molecule has 0 atom stereocenters. The molecule has 3 aromatic rings. The van der Waals surface area contributed by atoms with Gasteiger partial charge < -0.3 is 5.32 Å². The van der Waals surface area contributed by atoms with Gasteiger partial charge in [-0.3, -0.25) is 14.2 Å². The van der Waals surface area contributed by atoms with E-state index < -0.39 is 41.0 Å². The molecule has 1 heterocycles. The topological polar surface area (TPSA) is 73.1 Å². The monoisotopic (exact) mass is 379 g/mol. The van der Waals surface area contributed by atoms with Crippen molar-refractivity contribution in [2.75, 3.05) is 7.05 Å². The van der Waals surface area contributed by atoms with Crippen LogP contribution in [0.15, 0.2) is 46.0 Å². The molecule has 0 saturated carbocycles. The minimum absolute atomic E-state index is 0.0571. The summed E-state index contributed by atoms with van der Waals surface area (Å²) in [7, 11) is 1.39. The Morgan fingerprint density at radius 3 is 2.54 bits per heavy atom. The van der Waals surface area contributed by atoms with Gasteiger partial charge in [-0.2, -0.15) is 0 Å². The zero-order valence-corrected chi connectivity index (χ0v) is 14.2. The predicted octanol–water partition coefficient (Wildman–Crippen LogP) is 1.83.